The van der Waals surface area contributed by atoms with Gasteiger partial charge in [0.2, 0.25) is 0 Å². The summed E-state index contributed by atoms with van der Waals surface area (Å²) >= 11 is 0. The van der Waals surface area contributed by atoms with Crippen LogP contribution in [0, 0.1) is 5.82 Å². The van der Waals surface area contributed by atoms with Crippen LogP contribution in [0.25, 0.3) is 0 Å². The molecule has 2 atom stereocenters. The largest absolute Gasteiger partial charge is 0.387 e. The number of aryl methyl sites for hydroxylation is 1. The van der Waals surface area contributed by atoms with Crippen LogP contribution in [0.2, 0.25) is 0 Å². The van der Waals surface area contributed by atoms with Gasteiger partial charge in [0, 0.05) is 18.2 Å². The van der Waals surface area contributed by atoms with Crippen molar-refractivity contribution >= 4 is 0 Å². The molecule has 2 unspecified atom stereocenters. The Kier molecular flexibility index (Phi) is 3.81. The zero-order valence-electron chi connectivity index (χ0n) is 11.2. The van der Waals surface area contributed by atoms with Crippen LogP contribution in [0.4, 0.5) is 4.39 Å². The third-order valence-electron chi connectivity index (χ3n) is 3.95. The predicted octanol–water partition coefficient (Wildman–Crippen LogP) is 3.14. The van der Waals surface area contributed by atoms with Crippen LogP contribution in [0.5, 0.6) is 0 Å². The lowest BCUT2D eigenvalue weighted by Gasteiger charge is -2.18. The standard InChI is InChI=1S/C17H18FNO/c18-15-8-4-3-7-14(15)17(20)11-19-16-10-9-12-5-1-2-6-13(12)16/h1-8,16-17,19-20H,9-11H2. The molecule has 0 saturated heterocycles. The van der Waals surface area contributed by atoms with E-state index >= 15 is 0 Å². The Bertz CT molecular complexity index is 599. The van der Waals surface area contributed by atoms with Crippen LogP contribution >= 0.6 is 0 Å². The molecule has 0 fully saturated rings. The Morgan fingerprint density at radius 3 is 2.75 bits per heavy atom. The number of hydrogen-bond acceptors (Lipinski definition) is 2. The molecule has 2 N–H and O–H groups in total. The topological polar surface area (TPSA) is 32.3 Å². The van der Waals surface area contributed by atoms with Gasteiger partial charge in [-0.15, -0.1) is 0 Å². The van der Waals surface area contributed by atoms with E-state index in [-0.39, 0.29) is 11.9 Å². The summed E-state index contributed by atoms with van der Waals surface area (Å²) < 4.78 is 13.6. The highest BCUT2D eigenvalue weighted by molar-refractivity contribution is 5.34. The second kappa shape index (κ2) is 5.73. The molecule has 2 aromatic carbocycles. The van der Waals surface area contributed by atoms with Gasteiger partial charge in [0.25, 0.3) is 0 Å². The molecule has 3 rings (SSSR count). The first-order valence-corrected chi connectivity index (χ1v) is 6.99. The van der Waals surface area contributed by atoms with Crippen LogP contribution in [0.15, 0.2) is 48.5 Å². The second-order valence-electron chi connectivity index (χ2n) is 5.24. The van der Waals surface area contributed by atoms with Crippen molar-refractivity contribution in [3.8, 4) is 0 Å². The van der Waals surface area contributed by atoms with E-state index in [2.05, 4.69) is 23.5 Å². The molecular weight excluding hydrogens is 253 g/mol. The molecule has 20 heavy (non-hydrogen) atoms. The summed E-state index contributed by atoms with van der Waals surface area (Å²) in [7, 11) is 0. The smallest absolute Gasteiger partial charge is 0.129 e. The molecule has 1 aliphatic rings. The maximum Gasteiger partial charge on any atom is 0.129 e. The quantitative estimate of drug-likeness (QED) is 0.895. The number of fused-ring (bicyclic) bond motifs is 1. The maximum absolute atomic E-state index is 13.6. The molecule has 2 nitrogen and oxygen atoms in total. The normalized spacial score (nSPS) is 18.8. The molecule has 0 saturated carbocycles. The van der Waals surface area contributed by atoms with Crippen LogP contribution < -0.4 is 5.32 Å². The van der Waals surface area contributed by atoms with Crippen molar-refractivity contribution in [3.05, 3.63) is 71.0 Å². The third-order valence-corrected chi connectivity index (χ3v) is 3.95. The van der Waals surface area contributed by atoms with Gasteiger partial charge in [0.15, 0.2) is 0 Å². The highest BCUT2D eigenvalue weighted by Gasteiger charge is 2.22. The van der Waals surface area contributed by atoms with Gasteiger partial charge in [0.1, 0.15) is 5.82 Å². The summed E-state index contributed by atoms with van der Waals surface area (Å²) in [6.45, 7) is 0.361. The fourth-order valence-corrected chi connectivity index (χ4v) is 2.88. The molecule has 3 heteroatoms. The Labute approximate surface area is 118 Å². The maximum atomic E-state index is 13.6. The average molecular weight is 271 g/mol. The number of nitrogens with one attached hydrogen (secondary N) is 1. The molecule has 104 valence electrons. The lowest BCUT2D eigenvalue weighted by molar-refractivity contribution is 0.165. The zero-order valence-corrected chi connectivity index (χ0v) is 11.2. The highest BCUT2D eigenvalue weighted by atomic mass is 19.1. The molecule has 0 heterocycles. The van der Waals surface area contributed by atoms with Gasteiger partial charge in [-0.25, -0.2) is 4.39 Å². The first-order chi connectivity index (χ1) is 9.75. The van der Waals surface area contributed by atoms with E-state index in [4.69, 9.17) is 0 Å². The molecule has 1 aliphatic carbocycles. The van der Waals surface area contributed by atoms with Crippen molar-refractivity contribution in [2.75, 3.05) is 6.54 Å². The monoisotopic (exact) mass is 271 g/mol. The minimum Gasteiger partial charge on any atom is -0.387 e. The van der Waals surface area contributed by atoms with Crippen LogP contribution in [0.3, 0.4) is 0 Å². The predicted molar refractivity (Wildman–Crippen MR) is 76.9 cm³/mol. The SMILES string of the molecule is OC(CNC1CCc2ccccc21)c1ccccc1F. The molecular formula is C17H18FNO. The Balaban J connectivity index is 1.65. The fourth-order valence-electron chi connectivity index (χ4n) is 2.88. The molecule has 0 aliphatic heterocycles. The number of aliphatic hydroxyl groups is 1. The lowest BCUT2D eigenvalue weighted by atomic mass is 10.1. The second-order valence-corrected chi connectivity index (χ2v) is 5.24. The average Bonchev–Trinajstić information content (AvgIpc) is 2.88. The first-order valence-electron chi connectivity index (χ1n) is 6.99. The van der Waals surface area contributed by atoms with Crippen molar-refractivity contribution in [2.45, 2.75) is 25.0 Å². The number of benzene rings is 2. The summed E-state index contributed by atoms with van der Waals surface area (Å²) in [5, 5.41) is 13.5. The fraction of sp³-hybridized carbons (Fsp3) is 0.294. The molecule has 0 amide bonds. The van der Waals surface area contributed by atoms with E-state index < -0.39 is 6.10 Å². The first kappa shape index (κ1) is 13.3. The third kappa shape index (κ3) is 2.60. The van der Waals surface area contributed by atoms with E-state index in [9.17, 15) is 9.50 Å². The number of halogens is 1. The molecule has 2 aromatic rings. The highest BCUT2D eigenvalue weighted by Crippen LogP contribution is 2.31. The summed E-state index contributed by atoms with van der Waals surface area (Å²) in [4.78, 5) is 0. The van der Waals surface area contributed by atoms with E-state index in [1.807, 2.05) is 6.07 Å². The van der Waals surface area contributed by atoms with Crippen LogP contribution in [0.1, 0.15) is 35.3 Å². The lowest BCUT2D eigenvalue weighted by Crippen LogP contribution is -2.25. The van der Waals surface area contributed by atoms with Crippen molar-refractivity contribution < 1.29 is 9.50 Å². The Hall–Kier alpha value is -1.71. The summed E-state index contributed by atoms with van der Waals surface area (Å²) in [6.07, 6.45) is 1.27. The zero-order chi connectivity index (χ0) is 13.9. The minimum atomic E-state index is -0.816. The number of hydrogen-bond donors (Lipinski definition) is 2. The molecule has 0 spiro atoms. The van der Waals surface area contributed by atoms with Gasteiger partial charge in [-0.05, 0) is 30.0 Å². The van der Waals surface area contributed by atoms with Crippen molar-refractivity contribution in [3.63, 3.8) is 0 Å². The molecule has 0 bridgehead atoms. The van der Waals surface area contributed by atoms with E-state index in [0.717, 1.165) is 12.8 Å². The van der Waals surface area contributed by atoms with Gasteiger partial charge in [-0.1, -0.05) is 42.5 Å². The van der Waals surface area contributed by atoms with Crippen molar-refractivity contribution in [1.29, 1.82) is 0 Å². The van der Waals surface area contributed by atoms with Crippen molar-refractivity contribution in [1.82, 2.24) is 5.32 Å². The number of rotatable bonds is 4. The van der Waals surface area contributed by atoms with Gasteiger partial charge in [0.05, 0.1) is 6.10 Å². The molecule has 0 radical (unpaired) electrons. The Morgan fingerprint density at radius 2 is 1.90 bits per heavy atom. The van der Waals surface area contributed by atoms with Gasteiger partial charge >= 0.3 is 0 Å². The summed E-state index contributed by atoms with van der Waals surface area (Å²) in [6, 6.07) is 15.0. The van der Waals surface area contributed by atoms with Crippen molar-refractivity contribution in [2.24, 2.45) is 0 Å². The number of aliphatic hydroxyl groups excluding tert-OH is 1. The molecule has 0 aromatic heterocycles. The van der Waals surface area contributed by atoms with E-state index in [1.54, 1.807) is 18.2 Å². The summed E-state index contributed by atoms with van der Waals surface area (Å²) in [5.74, 6) is -0.353. The van der Waals surface area contributed by atoms with Gasteiger partial charge in [-0.3, -0.25) is 0 Å². The minimum absolute atomic E-state index is 0.257. The van der Waals surface area contributed by atoms with Crippen LogP contribution in [-0.4, -0.2) is 11.7 Å². The summed E-state index contributed by atoms with van der Waals surface area (Å²) in [5.41, 5.74) is 3.02. The van der Waals surface area contributed by atoms with Gasteiger partial charge in [-0.2, -0.15) is 0 Å². The van der Waals surface area contributed by atoms with E-state index in [0.29, 0.717) is 12.1 Å². The Morgan fingerprint density at radius 1 is 1.15 bits per heavy atom. The van der Waals surface area contributed by atoms with Crippen LogP contribution in [-0.2, 0) is 6.42 Å². The van der Waals surface area contributed by atoms with E-state index in [1.165, 1.54) is 17.2 Å². The van der Waals surface area contributed by atoms with Gasteiger partial charge < -0.3 is 10.4 Å².